The Morgan fingerprint density at radius 3 is 1.44 bits per heavy atom. The lowest BCUT2D eigenvalue weighted by Crippen LogP contribution is -1.96. The van der Waals surface area contributed by atoms with Crippen molar-refractivity contribution in [3.05, 3.63) is 0 Å². The summed E-state index contributed by atoms with van der Waals surface area (Å²) in [6, 6.07) is 0. The van der Waals surface area contributed by atoms with Crippen LogP contribution in [0.2, 0.25) is 6.32 Å². The Labute approximate surface area is 58.9 Å². The SMILES string of the molecule is COCCOC.[B]CC. The molecule has 0 bridgehead atoms. The molecule has 0 heterocycles. The standard InChI is InChI=1S/C4H10O2.C2H5B/c1-5-3-4-6-2;1-2-3/h3-4H2,1-2H3;2H2,1H3. The molecule has 0 amide bonds. The summed E-state index contributed by atoms with van der Waals surface area (Å²) in [4.78, 5) is 0. The van der Waals surface area contributed by atoms with Crippen molar-refractivity contribution in [2.24, 2.45) is 0 Å². The van der Waals surface area contributed by atoms with Crippen LogP contribution in [0, 0.1) is 0 Å². The van der Waals surface area contributed by atoms with E-state index in [2.05, 4.69) is 9.47 Å². The number of hydrogen-bond acceptors (Lipinski definition) is 2. The zero-order chi connectivity index (χ0) is 7.54. The van der Waals surface area contributed by atoms with Crippen LogP contribution in [0.15, 0.2) is 0 Å². The predicted octanol–water partition coefficient (Wildman–Crippen LogP) is 0.872. The van der Waals surface area contributed by atoms with Crippen LogP contribution in [0.3, 0.4) is 0 Å². The van der Waals surface area contributed by atoms with Crippen molar-refractivity contribution in [1.29, 1.82) is 0 Å². The van der Waals surface area contributed by atoms with E-state index in [1.165, 1.54) is 0 Å². The van der Waals surface area contributed by atoms with Gasteiger partial charge in [0.15, 0.2) is 0 Å². The first-order valence-electron chi connectivity index (χ1n) is 3.01. The summed E-state index contributed by atoms with van der Waals surface area (Å²) >= 11 is 0. The third kappa shape index (κ3) is 32.1. The second-order valence-corrected chi connectivity index (χ2v) is 1.39. The third-order valence-corrected chi connectivity index (χ3v) is 0.492. The van der Waals surface area contributed by atoms with Crippen molar-refractivity contribution in [3.8, 4) is 0 Å². The lowest BCUT2D eigenvalue weighted by molar-refractivity contribution is 0.103. The van der Waals surface area contributed by atoms with Gasteiger partial charge in [-0.3, -0.25) is 0 Å². The largest absolute Gasteiger partial charge is 0.382 e. The molecular weight excluding hydrogens is 115 g/mol. The summed E-state index contributed by atoms with van der Waals surface area (Å²) in [5.74, 6) is 0. The molecule has 0 aromatic heterocycles. The quantitative estimate of drug-likeness (QED) is 0.416. The maximum atomic E-state index is 4.85. The minimum atomic E-state index is 0.691. The summed E-state index contributed by atoms with van der Waals surface area (Å²) in [7, 11) is 8.15. The molecule has 54 valence electrons. The molecule has 0 atom stereocenters. The van der Waals surface area contributed by atoms with Gasteiger partial charge in [-0.15, -0.1) is 0 Å². The van der Waals surface area contributed by atoms with E-state index in [9.17, 15) is 0 Å². The van der Waals surface area contributed by atoms with Gasteiger partial charge < -0.3 is 9.47 Å². The Bertz CT molecular complexity index is 30.2. The summed E-state index contributed by atoms with van der Waals surface area (Å²) in [5.41, 5.74) is 0. The van der Waals surface area contributed by atoms with Gasteiger partial charge in [0.05, 0.1) is 21.1 Å². The van der Waals surface area contributed by atoms with Crippen LogP contribution in [0.5, 0.6) is 0 Å². The van der Waals surface area contributed by atoms with Crippen molar-refractivity contribution < 1.29 is 9.47 Å². The minimum Gasteiger partial charge on any atom is -0.382 e. The number of hydrogen-bond donors (Lipinski definition) is 0. The predicted molar refractivity (Wildman–Crippen MR) is 40.0 cm³/mol. The van der Waals surface area contributed by atoms with Crippen LogP contribution in [0.25, 0.3) is 0 Å². The van der Waals surface area contributed by atoms with Crippen molar-refractivity contribution in [1.82, 2.24) is 0 Å². The van der Waals surface area contributed by atoms with Crippen LogP contribution in [0.4, 0.5) is 0 Å². The molecular formula is C6H15BO2. The molecule has 0 saturated heterocycles. The van der Waals surface area contributed by atoms with E-state index in [0.29, 0.717) is 13.2 Å². The van der Waals surface area contributed by atoms with E-state index >= 15 is 0 Å². The lowest BCUT2D eigenvalue weighted by Gasteiger charge is -1.91. The average molecular weight is 130 g/mol. The van der Waals surface area contributed by atoms with E-state index in [1.54, 1.807) is 14.2 Å². The average Bonchev–Trinajstić information content (AvgIpc) is 1.86. The van der Waals surface area contributed by atoms with E-state index in [0.717, 1.165) is 6.32 Å². The van der Waals surface area contributed by atoms with Gasteiger partial charge in [-0.05, 0) is 0 Å². The fraction of sp³-hybridized carbons (Fsp3) is 1.00. The van der Waals surface area contributed by atoms with Gasteiger partial charge in [0.1, 0.15) is 0 Å². The molecule has 0 spiro atoms. The van der Waals surface area contributed by atoms with E-state index in [-0.39, 0.29) is 0 Å². The Kier molecular flexibility index (Phi) is 20.5. The zero-order valence-electron chi connectivity index (χ0n) is 6.52. The van der Waals surface area contributed by atoms with Crippen molar-refractivity contribution >= 4 is 7.85 Å². The molecule has 2 nitrogen and oxygen atoms in total. The highest BCUT2D eigenvalue weighted by molar-refractivity contribution is 6.08. The number of rotatable bonds is 3. The van der Waals surface area contributed by atoms with Gasteiger partial charge in [0.25, 0.3) is 0 Å². The number of methoxy groups -OCH3 is 2. The highest BCUT2D eigenvalue weighted by Crippen LogP contribution is 1.65. The first kappa shape index (κ1) is 11.7. The second-order valence-electron chi connectivity index (χ2n) is 1.39. The van der Waals surface area contributed by atoms with E-state index in [1.807, 2.05) is 6.92 Å². The van der Waals surface area contributed by atoms with Crippen LogP contribution < -0.4 is 0 Å². The summed E-state index contributed by atoms with van der Waals surface area (Å²) in [6.07, 6.45) is 0.750. The van der Waals surface area contributed by atoms with Gasteiger partial charge >= 0.3 is 0 Å². The maximum absolute atomic E-state index is 4.85. The molecule has 0 fully saturated rings. The molecule has 0 saturated carbocycles. The van der Waals surface area contributed by atoms with Crippen LogP contribution in [-0.2, 0) is 9.47 Å². The van der Waals surface area contributed by atoms with Crippen molar-refractivity contribution in [2.75, 3.05) is 27.4 Å². The molecule has 2 radical (unpaired) electrons. The summed E-state index contributed by atoms with van der Waals surface area (Å²) in [5, 5.41) is 0. The molecule has 0 aliphatic carbocycles. The monoisotopic (exact) mass is 130 g/mol. The van der Waals surface area contributed by atoms with E-state index < -0.39 is 0 Å². The van der Waals surface area contributed by atoms with Crippen LogP contribution >= 0.6 is 0 Å². The van der Waals surface area contributed by atoms with E-state index in [4.69, 9.17) is 7.85 Å². The zero-order valence-corrected chi connectivity index (χ0v) is 6.52. The highest BCUT2D eigenvalue weighted by atomic mass is 16.5. The first-order chi connectivity index (χ1) is 4.33. The smallest absolute Gasteiger partial charge is 0.0696 e. The molecule has 0 unspecified atom stereocenters. The Balaban J connectivity index is 0. The molecule has 0 aromatic carbocycles. The molecule has 0 N–H and O–H groups in total. The molecule has 0 rings (SSSR count). The van der Waals surface area contributed by atoms with Crippen LogP contribution in [-0.4, -0.2) is 35.3 Å². The summed E-state index contributed by atoms with van der Waals surface area (Å²) in [6.45, 7) is 3.28. The van der Waals surface area contributed by atoms with Gasteiger partial charge in [0, 0.05) is 14.2 Å². The topological polar surface area (TPSA) is 18.5 Å². The molecule has 0 aliphatic heterocycles. The molecule has 3 heteroatoms. The summed E-state index contributed by atoms with van der Waals surface area (Å²) < 4.78 is 9.31. The van der Waals surface area contributed by atoms with Gasteiger partial charge in [-0.2, -0.15) is 0 Å². The van der Waals surface area contributed by atoms with Crippen molar-refractivity contribution in [2.45, 2.75) is 13.2 Å². The lowest BCUT2D eigenvalue weighted by atomic mass is 10.1. The first-order valence-corrected chi connectivity index (χ1v) is 3.01. The third-order valence-electron chi connectivity index (χ3n) is 0.492. The molecule has 9 heavy (non-hydrogen) atoms. The molecule has 0 aliphatic rings. The second kappa shape index (κ2) is 15.7. The fourth-order valence-corrected chi connectivity index (χ4v) is 0.167. The Morgan fingerprint density at radius 1 is 1.11 bits per heavy atom. The van der Waals surface area contributed by atoms with Gasteiger partial charge in [-0.1, -0.05) is 13.2 Å². The Morgan fingerprint density at radius 2 is 1.33 bits per heavy atom. The van der Waals surface area contributed by atoms with Crippen LogP contribution in [0.1, 0.15) is 6.92 Å². The van der Waals surface area contributed by atoms with Gasteiger partial charge in [-0.25, -0.2) is 0 Å². The normalized spacial score (nSPS) is 7.89. The fourth-order valence-electron chi connectivity index (χ4n) is 0.167. The van der Waals surface area contributed by atoms with Gasteiger partial charge in [0.2, 0.25) is 0 Å². The van der Waals surface area contributed by atoms with Crippen molar-refractivity contribution in [3.63, 3.8) is 0 Å². The number of ether oxygens (including phenoxy) is 2. The molecule has 0 aromatic rings. The minimum absolute atomic E-state index is 0.691. The maximum Gasteiger partial charge on any atom is 0.0696 e. The highest BCUT2D eigenvalue weighted by Gasteiger charge is 1.73. The Hall–Kier alpha value is -0.0151.